The maximum atomic E-state index is 12.4. The molecule has 0 spiro atoms. The van der Waals surface area contributed by atoms with E-state index in [0.29, 0.717) is 10.7 Å². The summed E-state index contributed by atoms with van der Waals surface area (Å²) < 4.78 is 4.74. The summed E-state index contributed by atoms with van der Waals surface area (Å²) in [5, 5.41) is 12.7. The number of aryl methyl sites for hydroxylation is 2. The highest BCUT2D eigenvalue weighted by Crippen LogP contribution is 2.27. The number of hydrogen-bond acceptors (Lipinski definition) is 5. The molecule has 0 radical (unpaired) electrons. The van der Waals surface area contributed by atoms with Crippen molar-refractivity contribution in [2.75, 3.05) is 32.1 Å². The van der Waals surface area contributed by atoms with Crippen molar-refractivity contribution >= 4 is 29.2 Å². The number of halogens is 1. The molecule has 6 nitrogen and oxygen atoms in total. The second kappa shape index (κ2) is 7.02. The Kier molecular flexibility index (Phi) is 5.28. The molecular formula is C16H19ClN2O4. The number of aliphatic hydroxyl groups excluding tert-OH is 1. The maximum absolute atomic E-state index is 12.4. The lowest BCUT2D eigenvalue weighted by molar-refractivity contribution is -0.136. The van der Waals surface area contributed by atoms with E-state index < -0.39 is 5.97 Å². The number of carbonyl (C=O) groups is 2. The van der Waals surface area contributed by atoms with Crippen LogP contribution in [0.15, 0.2) is 23.4 Å². The number of methoxy groups -OCH3 is 1. The molecule has 23 heavy (non-hydrogen) atoms. The van der Waals surface area contributed by atoms with E-state index in [0.717, 1.165) is 11.1 Å². The van der Waals surface area contributed by atoms with Crippen LogP contribution < -0.4 is 5.32 Å². The van der Waals surface area contributed by atoms with Gasteiger partial charge in [0.05, 0.1) is 25.8 Å². The molecule has 1 heterocycles. The van der Waals surface area contributed by atoms with Crippen molar-refractivity contribution in [1.29, 1.82) is 0 Å². The zero-order chi connectivity index (χ0) is 17.1. The molecule has 0 saturated heterocycles. The number of aliphatic hydroxyl groups is 1. The molecule has 1 aromatic carbocycles. The molecule has 0 aliphatic carbocycles. The lowest BCUT2D eigenvalue weighted by atomic mass is 10.1. The van der Waals surface area contributed by atoms with Gasteiger partial charge in [-0.3, -0.25) is 4.79 Å². The van der Waals surface area contributed by atoms with Crippen molar-refractivity contribution in [2.24, 2.45) is 0 Å². The topological polar surface area (TPSA) is 78.9 Å². The number of anilines is 1. The lowest BCUT2D eigenvalue weighted by Crippen LogP contribution is -2.31. The highest BCUT2D eigenvalue weighted by atomic mass is 35.5. The minimum atomic E-state index is -0.566. The molecule has 1 amide bonds. The van der Waals surface area contributed by atoms with Crippen LogP contribution >= 0.6 is 11.6 Å². The Bertz CT molecular complexity index is 662. The summed E-state index contributed by atoms with van der Waals surface area (Å²) in [5.41, 5.74) is 2.82. The monoisotopic (exact) mass is 338 g/mol. The van der Waals surface area contributed by atoms with Gasteiger partial charge >= 0.3 is 5.97 Å². The van der Waals surface area contributed by atoms with Gasteiger partial charge in [-0.15, -0.1) is 0 Å². The number of amides is 1. The number of benzene rings is 1. The van der Waals surface area contributed by atoms with Crippen LogP contribution in [-0.2, 0) is 14.3 Å². The summed E-state index contributed by atoms with van der Waals surface area (Å²) in [4.78, 5) is 25.7. The van der Waals surface area contributed by atoms with Crippen LogP contribution in [0.5, 0.6) is 0 Å². The molecule has 0 atom stereocenters. The first kappa shape index (κ1) is 17.3. The van der Waals surface area contributed by atoms with Crippen molar-refractivity contribution in [3.8, 4) is 0 Å². The fourth-order valence-corrected chi connectivity index (χ4v) is 2.62. The van der Waals surface area contributed by atoms with Crippen LogP contribution in [0.3, 0.4) is 0 Å². The van der Waals surface area contributed by atoms with Crippen LogP contribution in [0.1, 0.15) is 11.1 Å². The third-order valence-corrected chi connectivity index (χ3v) is 4.26. The van der Waals surface area contributed by atoms with E-state index in [1.807, 2.05) is 13.8 Å². The average molecular weight is 339 g/mol. The summed E-state index contributed by atoms with van der Waals surface area (Å²) in [7, 11) is 1.27. The molecule has 1 aromatic rings. The predicted molar refractivity (Wildman–Crippen MR) is 87.3 cm³/mol. The maximum Gasteiger partial charge on any atom is 0.337 e. The van der Waals surface area contributed by atoms with Gasteiger partial charge in [0.25, 0.3) is 5.91 Å². The molecule has 124 valence electrons. The van der Waals surface area contributed by atoms with Crippen LogP contribution in [0.2, 0.25) is 5.02 Å². The lowest BCUT2D eigenvalue weighted by Gasteiger charge is -2.15. The van der Waals surface area contributed by atoms with Crippen molar-refractivity contribution in [3.05, 3.63) is 39.6 Å². The molecule has 2 rings (SSSR count). The Morgan fingerprint density at radius 1 is 1.39 bits per heavy atom. The van der Waals surface area contributed by atoms with E-state index in [2.05, 4.69) is 5.32 Å². The highest BCUT2D eigenvalue weighted by molar-refractivity contribution is 6.32. The van der Waals surface area contributed by atoms with Crippen molar-refractivity contribution < 1.29 is 19.4 Å². The summed E-state index contributed by atoms with van der Waals surface area (Å²) in [6, 6.07) is 3.61. The number of rotatable bonds is 5. The summed E-state index contributed by atoms with van der Waals surface area (Å²) in [5.74, 6) is -0.909. The van der Waals surface area contributed by atoms with Crippen molar-refractivity contribution in [2.45, 2.75) is 13.8 Å². The highest BCUT2D eigenvalue weighted by Gasteiger charge is 2.34. The van der Waals surface area contributed by atoms with Gasteiger partial charge in [-0.05, 0) is 37.1 Å². The minimum Gasteiger partial charge on any atom is -0.466 e. The van der Waals surface area contributed by atoms with Gasteiger partial charge in [0.1, 0.15) is 5.70 Å². The number of esters is 1. The Morgan fingerprint density at radius 3 is 2.52 bits per heavy atom. The van der Waals surface area contributed by atoms with E-state index in [1.165, 1.54) is 12.0 Å². The Hall–Kier alpha value is -2.05. The molecule has 0 unspecified atom stereocenters. The van der Waals surface area contributed by atoms with E-state index in [9.17, 15) is 9.59 Å². The van der Waals surface area contributed by atoms with Crippen LogP contribution in [0.4, 0.5) is 5.69 Å². The van der Waals surface area contributed by atoms with E-state index in [-0.39, 0.29) is 36.9 Å². The molecule has 0 saturated carbocycles. The first-order valence-electron chi connectivity index (χ1n) is 7.14. The number of nitrogens with one attached hydrogen (secondary N) is 1. The second-order valence-electron chi connectivity index (χ2n) is 5.34. The number of β-amino-alcohol motifs (C(OH)–C–C–N with tert-alkyl or cyclic N) is 1. The first-order chi connectivity index (χ1) is 10.9. The van der Waals surface area contributed by atoms with E-state index in [1.54, 1.807) is 12.1 Å². The summed E-state index contributed by atoms with van der Waals surface area (Å²) in [6.45, 7) is 3.82. The van der Waals surface area contributed by atoms with Gasteiger partial charge in [0.2, 0.25) is 0 Å². The Labute approximate surface area is 139 Å². The van der Waals surface area contributed by atoms with Gasteiger partial charge in [-0.25, -0.2) is 4.79 Å². The molecule has 7 heteroatoms. The van der Waals surface area contributed by atoms with Crippen LogP contribution in [-0.4, -0.2) is 48.7 Å². The second-order valence-corrected chi connectivity index (χ2v) is 5.72. The molecule has 0 fully saturated rings. The Balaban J connectivity index is 2.37. The molecule has 0 bridgehead atoms. The fourth-order valence-electron chi connectivity index (χ4n) is 2.51. The van der Waals surface area contributed by atoms with Crippen LogP contribution in [0.25, 0.3) is 0 Å². The predicted octanol–water partition coefficient (Wildman–Crippen LogP) is 1.63. The standard InChI is InChI=1S/C16H19ClN2O4/c1-9-6-11(7-10(2)13(9)17)18-14-12(16(22)23-3)8-19(4-5-20)15(14)21/h6-7,18,20H,4-5,8H2,1-3H3. The normalized spacial score (nSPS) is 14.5. The third-order valence-electron chi connectivity index (χ3n) is 3.66. The summed E-state index contributed by atoms with van der Waals surface area (Å²) >= 11 is 6.14. The molecule has 1 aliphatic heterocycles. The third kappa shape index (κ3) is 3.48. The van der Waals surface area contributed by atoms with Crippen LogP contribution in [0, 0.1) is 13.8 Å². The number of nitrogens with zero attached hydrogens (tertiary/aromatic N) is 1. The number of ether oxygens (including phenoxy) is 1. The van der Waals surface area contributed by atoms with Crippen molar-refractivity contribution in [1.82, 2.24) is 4.90 Å². The van der Waals surface area contributed by atoms with E-state index >= 15 is 0 Å². The van der Waals surface area contributed by atoms with Gasteiger partial charge < -0.3 is 20.1 Å². The van der Waals surface area contributed by atoms with Crippen molar-refractivity contribution in [3.63, 3.8) is 0 Å². The van der Waals surface area contributed by atoms with E-state index in [4.69, 9.17) is 21.4 Å². The van der Waals surface area contributed by atoms with Gasteiger partial charge in [0.15, 0.2) is 0 Å². The molecule has 0 aromatic heterocycles. The average Bonchev–Trinajstić information content (AvgIpc) is 2.81. The molecule has 1 aliphatic rings. The largest absolute Gasteiger partial charge is 0.466 e. The summed E-state index contributed by atoms with van der Waals surface area (Å²) in [6.07, 6.45) is 0. The smallest absolute Gasteiger partial charge is 0.337 e. The minimum absolute atomic E-state index is 0.111. The number of hydrogen-bond donors (Lipinski definition) is 2. The molecular weight excluding hydrogens is 320 g/mol. The molecule has 2 N–H and O–H groups in total. The zero-order valence-electron chi connectivity index (χ0n) is 13.3. The Morgan fingerprint density at radius 2 is 2.00 bits per heavy atom. The SMILES string of the molecule is COC(=O)C1=C(Nc2cc(C)c(Cl)c(C)c2)C(=O)N(CCO)C1. The quantitative estimate of drug-likeness (QED) is 0.798. The zero-order valence-corrected chi connectivity index (χ0v) is 14.0. The first-order valence-corrected chi connectivity index (χ1v) is 7.52. The van der Waals surface area contributed by atoms with Gasteiger partial charge in [-0.1, -0.05) is 11.6 Å². The fraction of sp³-hybridized carbons (Fsp3) is 0.375. The van der Waals surface area contributed by atoms with Gasteiger partial charge in [-0.2, -0.15) is 0 Å². The van der Waals surface area contributed by atoms with Gasteiger partial charge in [0, 0.05) is 17.3 Å². The number of carbonyl (C=O) groups excluding carboxylic acids is 2.